The van der Waals surface area contributed by atoms with Crippen LogP contribution in [0.5, 0.6) is 0 Å². The second kappa shape index (κ2) is 5.12. The molecule has 0 atom stereocenters. The van der Waals surface area contributed by atoms with Crippen molar-refractivity contribution < 1.29 is 5.11 Å². The van der Waals surface area contributed by atoms with E-state index in [9.17, 15) is 5.11 Å². The second-order valence-electron chi connectivity index (χ2n) is 5.17. The Labute approximate surface area is 112 Å². The summed E-state index contributed by atoms with van der Waals surface area (Å²) in [4.78, 5) is 4.36. The molecule has 18 heavy (non-hydrogen) atoms. The molecule has 2 N–H and O–H groups in total. The van der Waals surface area contributed by atoms with Crippen LogP contribution in [-0.2, 0) is 0 Å². The zero-order chi connectivity index (χ0) is 13.2. The summed E-state index contributed by atoms with van der Waals surface area (Å²) in [5.41, 5.74) is 1.64. The van der Waals surface area contributed by atoms with E-state index in [2.05, 4.69) is 10.3 Å². The fourth-order valence-corrected chi connectivity index (χ4v) is 1.89. The normalized spacial score (nSPS) is 11.8. The van der Waals surface area contributed by atoms with Crippen molar-refractivity contribution in [2.24, 2.45) is 5.41 Å². The number of aliphatic hydroxyl groups excluding tert-OH is 1. The summed E-state index contributed by atoms with van der Waals surface area (Å²) in [7, 11) is 0. The van der Waals surface area contributed by atoms with Crippen LogP contribution >= 0.6 is 11.6 Å². The second-order valence-corrected chi connectivity index (χ2v) is 5.58. The number of pyridine rings is 1. The lowest BCUT2D eigenvalue weighted by Gasteiger charge is -2.23. The summed E-state index contributed by atoms with van der Waals surface area (Å²) in [5.74, 6) is 0. The fourth-order valence-electron chi connectivity index (χ4n) is 1.67. The van der Waals surface area contributed by atoms with Gasteiger partial charge in [0.1, 0.15) is 0 Å². The van der Waals surface area contributed by atoms with Crippen molar-refractivity contribution in [1.29, 1.82) is 0 Å². The molecular weight excluding hydrogens is 248 g/mol. The SMILES string of the molecule is CC(C)(CO)CNc1ccc(Cl)c2cccnc12. The maximum Gasteiger partial charge on any atom is 0.0948 e. The molecule has 0 aliphatic heterocycles. The summed E-state index contributed by atoms with van der Waals surface area (Å²) >= 11 is 6.14. The first-order valence-electron chi connectivity index (χ1n) is 5.91. The van der Waals surface area contributed by atoms with Crippen molar-refractivity contribution in [1.82, 2.24) is 4.98 Å². The maximum absolute atomic E-state index is 9.25. The van der Waals surface area contributed by atoms with Crippen LogP contribution in [-0.4, -0.2) is 23.2 Å². The van der Waals surface area contributed by atoms with Gasteiger partial charge in [-0.1, -0.05) is 25.4 Å². The molecule has 3 nitrogen and oxygen atoms in total. The molecule has 96 valence electrons. The summed E-state index contributed by atoms with van der Waals surface area (Å²) < 4.78 is 0. The first-order valence-corrected chi connectivity index (χ1v) is 6.29. The van der Waals surface area contributed by atoms with E-state index in [0.717, 1.165) is 16.6 Å². The number of halogens is 1. The van der Waals surface area contributed by atoms with Gasteiger partial charge < -0.3 is 10.4 Å². The highest BCUT2D eigenvalue weighted by Gasteiger charge is 2.16. The molecular formula is C14H17ClN2O. The van der Waals surface area contributed by atoms with Gasteiger partial charge in [-0.15, -0.1) is 0 Å². The Hall–Kier alpha value is -1.32. The predicted octanol–water partition coefficient (Wildman–Crippen LogP) is 3.32. The third kappa shape index (κ3) is 2.74. The van der Waals surface area contributed by atoms with Crippen molar-refractivity contribution in [3.63, 3.8) is 0 Å². The van der Waals surface area contributed by atoms with Gasteiger partial charge in [0.25, 0.3) is 0 Å². The van der Waals surface area contributed by atoms with Gasteiger partial charge in [-0.2, -0.15) is 0 Å². The average molecular weight is 265 g/mol. The number of anilines is 1. The van der Waals surface area contributed by atoms with Crippen LogP contribution in [0.3, 0.4) is 0 Å². The van der Waals surface area contributed by atoms with Crippen LogP contribution in [0.15, 0.2) is 30.5 Å². The van der Waals surface area contributed by atoms with Crippen molar-refractivity contribution in [3.05, 3.63) is 35.5 Å². The molecule has 4 heteroatoms. The molecule has 0 aliphatic rings. The monoisotopic (exact) mass is 264 g/mol. The van der Waals surface area contributed by atoms with Crippen molar-refractivity contribution in [2.75, 3.05) is 18.5 Å². The number of aliphatic hydroxyl groups is 1. The Kier molecular flexibility index (Phi) is 3.73. The molecule has 0 aliphatic carbocycles. The molecule has 1 aromatic carbocycles. The number of nitrogens with one attached hydrogen (secondary N) is 1. The zero-order valence-corrected chi connectivity index (χ0v) is 11.3. The summed E-state index contributed by atoms with van der Waals surface area (Å²) in [6.45, 7) is 4.83. The standard InChI is InChI=1S/C14H17ClN2O/c1-14(2,9-18)8-17-12-6-5-11(15)10-4-3-7-16-13(10)12/h3-7,17-18H,8-9H2,1-2H3. The molecule has 0 spiro atoms. The molecule has 0 saturated carbocycles. The number of aromatic nitrogens is 1. The van der Waals surface area contributed by atoms with Crippen molar-refractivity contribution >= 4 is 28.2 Å². The number of hydrogen-bond donors (Lipinski definition) is 2. The van der Waals surface area contributed by atoms with Gasteiger partial charge in [-0.25, -0.2) is 0 Å². The van der Waals surface area contributed by atoms with E-state index in [-0.39, 0.29) is 12.0 Å². The smallest absolute Gasteiger partial charge is 0.0948 e. The van der Waals surface area contributed by atoms with Crippen molar-refractivity contribution in [2.45, 2.75) is 13.8 Å². The van der Waals surface area contributed by atoms with Crippen LogP contribution in [0.25, 0.3) is 10.9 Å². The van der Waals surface area contributed by atoms with Gasteiger partial charge in [-0.05, 0) is 24.3 Å². The maximum atomic E-state index is 9.25. The van der Waals surface area contributed by atoms with Crippen LogP contribution < -0.4 is 5.32 Å². The van der Waals surface area contributed by atoms with Crippen molar-refractivity contribution in [3.8, 4) is 0 Å². The van der Waals surface area contributed by atoms with Gasteiger partial charge >= 0.3 is 0 Å². The Balaban J connectivity index is 2.32. The summed E-state index contributed by atoms with van der Waals surface area (Å²) in [6, 6.07) is 7.60. The largest absolute Gasteiger partial charge is 0.396 e. The van der Waals surface area contributed by atoms with E-state index in [1.165, 1.54) is 0 Å². The fraction of sp³-hybridized carbons (Fsp3) is 0.357. The van der Waals surface area contributed by atoms with E-state index in [0.29, 0.717) is 11.6 Å². The molecule has 0 saturated heterocycles. The first kappa shape index (κ1) is 13.1. The highest BCUT2D eigenvalue weighted by atomic mass is 35.5. The zero-order valence-electron chi connectivity index (χ0n) is 10.6. The van der Waals surface area contributed by atoms with Gasteiger partial charge in [0.05, 0.1) is 16.2 Å². The molecule has 0 bridgehead atoms. The molecule has 0 fully saturated rings. The van der Waals surface area contributed by atoms with Gasteiger partial charge in [0.15, 0.2) is 0 Å². The minimum Gasteiger partial charge on any atom is -0.396 e. The summed E-state index contributed by atoms with van der Waals surface area (Å²) in [6.07, 6.45) is 1.75. The van der Waals surface area contributed by atoms with E-state index in [4.69, 9.17) is 11.6 Å². The highest BCUT2D eigenvalue weighted by molar-refractivity contribution is 6.35. The third-order valence-electron chi connectivity index (χ3n) is 2.90. The third-order valence-corrected chi connectivity index (χ3v) is 3.23. The molecule has 0 radical (unpaired) electrons. The molecule has 2 aromatic rings. The molecule has 0 unspecified atom stereocenters. The topological polar surface area (TPSA) is 45.1 Å². The number of benzene rings is 1. The van der Waals surface area contributed by atoms with Crippen LogP contribution in [0.1, 0.15) is 13.8 Å². The van der Waals surface area contributed by atoms with Gasteiger partial charge in [0.2, 0.25) is 0 Å². The minimum atomic E-state index is -0.166. The Bertz CT molecular complexity index is 554. The molecule has 2 rings (SSSR count). The highest BCUT2D eigenvalue weighted by Crippen LogP contribution is 2.28. The number of fused-ring (bicyclic) bond motifs is 1. The number of hydrogen-bond acceptors (Lipinski definition) is 3. The van der Waals surface area contributed by atoms with E-state index in [1.54, 1.807) is 6.20 Å². The molecule has 1 aromatic heterocycles. The van der Waals surface area contributed by atoms with Crippen LogP contribution in [0.2, 0.25) is 5.02 Å². The van der Waals surface area contributed by atoms with Crippen LogP contribution in [0, 0.1) is 5.41 Å². The first-order chi connectivity index (χ1) is 8.53. The number of nitrogens with zero attached hydrogens (tertiary/aromatic N) is 1. The quantitative estimate of drug-likeness (QED) is 0.890. The van der Waals surface area contributed by atoms with Gasteiger partial charge in [0, 0.05) is 30.1 Å². The Morgan fingerprint density at radius 2 is 2.11 bits per heavy atom. The lowest BCUT2D eigenvalue weighted by Crippen LogP contribution is -2.26. The Morgan fingerprint density at radius 3 is 2.83 bits per heavy atom. The molecule has 1 heterocycles. The molecule has 0 amide bonds. The summed E-state index contributed by atoms with van der Waals surface area (Å²) in [5, 5.41) is 14.2. The number of rotatable bonds is 4. The minimum absolute atomic E-state index is 0.138. The lowest BCUT2D eigenvalue weighted by molar-refractivity contribution is 0.171. The Morgan fingerprint density at radius 1 is 1.33 bits per heavy atom. The van der Waals surface area contributed by atoms with Gasteiger partial charge in [-0.3, -0.25) is 4.98 Å². The average Bonchev–Trinajstić information content (AvgIpc) is 2.38. The predicted molar refractivity (Wildman–Crippen MR) is 76.1 cm³/mol. The lowest BCUT2D eigenvalue weighted by atomic mass is 9.95. The van der Waals surface area contributed by atoms with Crippen LogP contribution in [0.4, 0.5) is 5.69 Å². The van der Waals surface area contributed by atoms with E-state index >= 15 is 0 Å². The van der Waals surface area contributed by atoms with E-state index in [1.807, 2.05) is 38.1 Å². The van der Waals surface area contributed by atoms with E-state index < -0.39 is 0 Å².